The lowest BCUT2D eigenvalue weighted by atomic mass is 10.0. The van der Waals surface area contributed by atoms with Crippen LogP contribution in [-0.2, 0) is 10.0 Å². The molecule has 0 aliphatic carbocycles. The number of methoxy groups -OCH3 is 1. The van der Waals surface area contributed by atoms with Gasteiger partial charge >= 0.3 is 0 Å². The van der Waals surface area contributed by atoms with E-state index in [1.54, 1.807) is 18.2 Å². The zero-order valence-electron chi connectivity index (χ0n) is 13.3. The lowest BCUT2D eigenvalue weighted by Crippen LogP contribution is -2.44. The van der Waals surface area contributed by atoms with Crippen LogP contribution in [-0.4, -0.2) is 33.1 Å². The van der Waals surface area contributed by atoms with Gasteiger partial charge in [0.1, 0.15) is 5.75 Å². The van der Waals surface area contributed by atoms with E-state index in [2.05, 4.69) is 4.72 Å². The zero-order chi connectivity index (χ0) is 17.3. The predicted molar refractivity (Wildman–Crippen MR) is 93.3 cm³/mol. The summed E-state index contributed by atoms with van der Waals surface area (Å²) in [4.78, 5) is 13.6. The highest BCUT2D eigenvalue weighted by Crippen LogP contribution is 2.31. The van der Waals surface area contributed by atoms with Gasteiger partial charge in [0.2, 0.25) is 10.0 Å². The Hall–Kier alpha value is -1.83. The molecule has 2 aromatic carbocycles. The topological polar surface area (TPSA) is 72.5 Å². The van der Waals surface area contributed by atoms with Crippen LogP contribution in [0.15, 0.2) is 52.3 Å². The van der Waals surface area contributed by atoms with Gasteiger partial charge in [-0.2, -0.15) is 4.72 Å². The van der Waals surface area contributed by atoms with E-state index in [1.807, 2.05) is 19.1 Å². The third-order valence-corrected chi connectivity index (χ3v) is 6.44. The van der Waals surface area contributed by atoms with Crippen molar-refractivity contribution in [1.82, 2.24) is 4.72 Å². The summed E-state index contributed by atoms with van der Waals surface area (Å²) in [6.45, 7) is 1.91. The average molecular weight is 363 g/mol. The number of hydrogen-bond donors (Lipinski definition) is 1. The maximum atomic E-state index is 12.6. The van der Waals surface area contributed by atoms with Crippen molar-refractivity contribution in [3.8, 4) is 5.75 Å². The molecule has 0 amide bonds. The van der Waals surface area contributed by atoms with E-state index in [4.69, 9.17) is 4.74 Å². The second-order valence-electron chi connectivity index (χ2n) is 5.52. The number of thioether (sulfide) groups is 1. The van der Waals surface area contributed by atoms with Crippen molar-refractivity contribution >= 4 is 27.6 Å². The molecular formula is C17H17NO4S2. The molecule has 5 nitrogen and oxygen atoms in total. The molecule has 0 radical (unpaired) electrons. The van der Waals surface area contributed by atoms with Gasteiger partial charge in [-0.15, -0.1) is 11.8 Å². The van der Waals surface area contributed by atoms with Gasteiger partial charge in [-0.1, -0.05) is 11.6 Å². The second kappa shape index (κ2) is 6.58. The van der Waals surface area contributed by atoms with Crippen molar-refractivity contribution in [3.63, 3.8) is 0 Å². The molecule has 0 unspecified atom stereocenters. The molecule has 0 aromatic heterocycles. The van der Waals surface area contributed by atoms with E-state index in [0.29, 0.717) is 17.1 Å². The van der Waals surface area contributed by atoms with Gasteiger partial charge in [-0.3, -0.25) is 4.79 Å². The minimum Gasteiger partial charge on any atom is -0.497 e. The lowest BCUT2D eigenvalue weighted by molar-refractivity contribution is 0.0957. The molecule has 0 saturated carbocycles. The number of benzene rings is 2. The number of hydrogen-bond acceptors (Lipinski definition) is 5. The second-order valence-corrected chi connectivity index (χ2v) is 8.30. The molecule has 7 heteroatoms. The van der Waals surface area contributed by atoms with Gasteiger partial charge in [0, 0.05) is 16.2 Å². The molecule has 0 bridgehead atoms. The number of aryl methyl sites for hydroxylation is 1. The van der Waals surface area contributed by atoms with E-state index >= 15 is 0 Å². The van der Waals surface area contributed by atoms with Gasteiger partial charge in [0.15, 0.2) is 5.78 Å². The molecule has 3 rings (SSSR count). The standard InChI is InChI=1S/C17H17NO4S2/c1-11-3-8-16-14(9-11)17(19)15(10-23-16)18-24(20,21)13-6-4-12(22-2)5-7-13/h3-9,15,18H,10H2,1-2H3/t15-/m0/s1. The predicted octanol–water partition coefficient (Wildman–Crippen LogP) is 2.64. The van der Waals surface area contributed by atoms with Crippen LogP contribution < -0.4 is 9.46 Å². The monoisotopic (exact) mass is 363 g/mol. The van der Waals surface area contributed by atoms with Gasteiger partial charge in [-0.25, -0.2) is 8.42 Å². The molecule has 1 heterocycles. The zero-order valence-corrected chi connectivity index (χ0v) is 14.9. The molecule has 126 valence electrons. The van der Waals surface area contributed by atoms with E-state index < -0.39 is 16.1 Å². The fraction of sp³-hybridized carbons (Fsp3) is 0.235. The largest absolute Gasteiger partial charge is 0.497 e. The molecular weight excluding hydrogens is 346 g/mol. The number of ketones is 1. The molecule has 1 aliphatic heterocycles. The summed E-state index contributed by atoms with van der Waals surface area (Å²) in [5.41, 5.74) is 1.55. The Bertz CT molecular complexity index is 876. The summed E-state index contributed by atoms with van der Waals surface area (Å²) >= 11 is 1.48. The molecule has 1 atom stereocenters. The first kappa shape index (κ1) is 17.0. The van der Waals surface area contributed by atoms with Gasteiger partial charge in [0.25, 0.3) is 0 Å². The molecule has 0 spiro atoms. The summed E-state index contributed by atoms with van der Waals surface area (Å²) in [5.74, 6) is 0.761. The number of rotatable bonds is 4. The molecule has 24 heavy (non-hydrogen) atoms. The highest BCUT2D eigenvalue weighted by atomic mass is 32.2. The number of fused-ring (bicyclic) bond motifs is 1. The maximum absolute atomic E-state index is 12.6. The van der Waals surface area contributed by atoms with Gasteiger partial charge < -0.3 is 4.74 Å². The van der Waals surface area contributed by atoms with Crippen LogP contribution in [0.3, 0.4) is 0 Å². The van der Waals surface area contributed by atoms with Crippen molar-refractivity contribution in [3.05, 3.63) is 53.6 Å². The number of Topliss-reactive ketones (excluding diaryl/α,β-unsaturated/α-hetero) is 1. The van der Waals surface area contributed by atoms with Crippen LogP contribution in [0.5, 0.6) is 5.75 Å². The molecule has 2 aromatic rings. The Morgan fingerprint density at radius 2 is 1.88 bits per heavy atom. The Labute approximate surface area is 145 Å². The van der Waals surface area contributed by atoms with E-state index in [0.717, 1.165) is 10.5 Å². The summed E-state index contributed by atoms with van der Waals surface area (Å²) in [6, 6.07) is 11.0. The number of ether oxygens (including phenoxy) is 1. The summed E-state index contributed by atoms with van der Waals surface area (Å²) < 4.78 is 32.6. The molecule has 1 aliphatic rings. The number of sulfonamides is 1. The number of carbonyl (C=O) groups excluding carboxylic acids is 1. The van der Waals surface area contributed by atoms with Crippen LogP contribution in [0.4, 0.5) is 0 Å². The van der Waals surface area contributed by atoms with Crippen LogP contribution in [0.1, 0.15) is 15.9 Å². The normalized spacial score (nSPS) is 17.4. The first-order chi connectivity index (χ1) is 11.4. The Balaban J connectivity index is 1.84. The third-order valence-electron chi connectivity index (χ3n) is 3.79. The van der Waals surface area contributed by atoms with Gasteiger partial charge in [0.05, 0.1) is 18.0 Å². The third kappa shape index (κ3) is 3.33. The minimum atomic E-state index is -3.77. The Morgan fingerprint density at radius 1 is 1.17 bits per heavy atom. The summed E-state index contributed by atoms with van der Waals surface area (Å²) in [7, 11) is -2.26. The highest BCUT2D eigenvalue weighted by Gasteiger charge is 2.31. The lowest BCUT2D eigenvalue weighted by Gasteiger charge is -2.24. The first-order valence-electron chi connectivity index (χ1n) is 7.35. The minimum absolute atomic E-state index is 0.108. The van der Waals surface area contributed by atoms with E-state index in [1.165, 1.54) is 31.0 Å². The molecule has 0 saturated heterocycles. The van der Waals surface area contributed by atoms with Gasteiger partial charge in [-0.05, 0) is 43.3 Å². The van der Waals surface area contributed by atoms with Crippen molar-refractivity contribution in [2.24, 2.45) is 0 Å². The fourth-order valence-corrected chi connectivity index (χ4v) is 4.86. The maximum Gasteiger partial charge on any atom is 0.241 e. The number of carbonyl (C=O) groups is 1. The SMILES string of the molecule is COc1ccc(S(=O)(=O)N[C@H]2CSc3ccc(C)cc3C2=O)cc1. The molecule has 0 fully saturated rings. The summed E-state index contributed by atoms with van der Waals surface area (Å²) in [6.07, 6.45) is 0. The van der Waals surface area contributed by atoms with Crippen LogP contribution in [0.25, 0.3) is 0 Å². The Morgan fingerprint density at radius 3 is 2.54 bits per heavy atom. The Kier molecular flexibility index (Phi) is 4.67. The van der Waals surface area contributed by atoms with Crippen LogP contribution >= 0.6 is 11.8 Å². The smallest absolute Gasteiger partial charge is 0.241 e. The highest BCUT2D eigenvalue weighted by molar-refractivity contribution is 7.99. The summed E-state index contributed by atoms with van der Waals surface area (Å²) in [5, 5.41) is 0. The van der Waals surface area contributed by atoms with Crippen LogP contribution in [0.2, 0.25) is 0 Å². The quantitative estimate of drug-likeness (QED) is 0.904. The van der Waals surface area contributed by atoms with Crippen molar-refractivity contribution in [2.45, 2.75) is 22.8 Å². The first-order valence-corrected chi connectivity index (χ1v) is 9.81. The average Bonchev–Trinajstić information content (AvgIpc) is 2.58. The van der Waals surface area contributed by atoms with Crippen molar-refractivity contribution < 1.29 is 17.9 Å². The van der Waals surface area contributed by atoms with Crippen molar-refractivity contribution in [1.29, 1.82) is 0 Å². The van der Waals surface area contributed by atoms with E-state index in [-0.39, 0.29) is 10.7 Å². The fourth-order valence-electron chi connectivity index (χ4n) is 2.50. The van der Waals surface area contributed by atoms with Crippen molar-refractivity contribution in [2.75, 3.05) is 12.9 Å². The number of nitrogens with one attached hydrogen (secondary N) is 1. The molecule has 1 N–H and O–H groups in total. The van der Waals surface area contributed by atoms with Crippen LogP contribution in [0, 0.1) is 6.92 Å². The van der Waals surface area contributed by atoms with E-state index in [9.17, 15) is 13.2 Å².